The van der Waals surface area contributed by atoms with Crippen molar-refractivity contribution in [2.45, 2.75) is 20.3 Å². The van der Waals surface area contributed by atoms with Gasteiger partial charge in [0.25, 0.3) is 0 Å². The summed E-state index contributed by atoms with van der Waals surface area (Å²) in [4.78, 5) is 10.8. The molecule has 0 saturated heterocycles. The van der Waals surface area contributed by atoms with E-state index in [1.54, 1.807) is 13.8 Å². The maximum absolute atomic E-state index is 11.6. The number of esters is 1. The Balaban J connectivity index is 2.67. The third-order valence-electron chi connectivity index (χ3n) is 2.31. The van der Waals surface area contributed by atoms with Crippen molar-refractivity contribution >= 4 is 21.8 Å². The largest absolute Gasteiger partial charge is 0.469 e. The minimum absolute atomic E-state index is 0.186. The molecular weight excluding hydrogens is 246 g/mol. The standard InChI is InChI=1S/C9H15N3O4S/c1-6-7(2)10-11-9(6)12-17(14,15)5-4-8(13)16-3/h4-5H2,1-3H3,(H2,10,11,12). The molecule has 1 heterocycles. The van der Waals surface area contributed by atoms with Gasteiger partial charge < -0.3 is 4.74 Å². The van der Waals surface area contributed by atoms with Crippen molar-refractivity contribution in [1.29, 1.82) is 0 Å². The summed E-state index contributed by atoms with van der Waals surface area (Å²) < 4.78 is 29.9. The molecule has 0 unspecified atom stereocenters. The van der Waals surface area contributed by atoms with Gasteiger partial charge >= 0.3 is 5.97 Å². The van der Waals surface area contributed by atoms with E-state index >= 15 is 0 Å². The summed E-state index contributed by atoms with van der Waals surface area (Å²) in [7, 11) is -2.37. The molecule has 0 spiro atoms. The van der Waals surface area contributed by atoms with Crippen LogP contribution in [0.25, 0.3) is 0 Å². The molecule has 0 aliphatic heterocycles. The molecule has 1 rings (SSSR count). The fourth-order valence-corrected chi connectivity index (χ4v) is 2.13. The third kappa shape index (κ3) is 3.74. The average Bonchev–Trinajstić information content (AvgIpc) is 2.57. The minimum Gasteiger partial charge on any atom is -0.469 e. The average molecular weight is 261 g/mol. The Hall–Kier alpha value is -1.57. The molecule has 2 N–H and O–H groups in total. The normalized spacial score (nSPS) is 11.2. The highest BCUT2D eigenvalue weighted by atomic mass is 32.2. The van der Waals surface area contributed by atoms with E-state index in [0.717, 1.165) is 11.3 Å². The highest BCUT2D eigenvalue weighted by Crippen LogP contribution is 2.15. The van der Waals surface area contributed by atoms with Crippen LogP contribution in [0.3, 0.4) is 0 Å². The van der Waals surface area contributed by atoms with Crippen molar-refractivity contribution in [3.63, 3.8) is 0 Å². The zero-order valence-electron chi connectivity index (χ0n) is 9.90. The zero-order chi connectivity index (χ0) is 13.1. The number of aromatic nitrogens is 2. The number of anilines is 1. The summed E-state index contributed by atoms with van der Waals surface area (Å²) in [5, 5.41) is 6.48. The summed E-state index contributed by atoms with van der Waals surface area (Å²) in [6.45, 7) is 3.53. The Morgan fingerprint density at radius 1 is 1.47 bits per heavy atom. The number of carbonyl (C=O) groups is 1. The lowest BCUT2D eigenvalue weighted by Gasteiger charge is -2.05. The molecule has 0 aliphatic carbocycles. The van der Waals surface area contributed by atoms with E-state index in [-0.39, 0.29) is 18.0 Å². The molecular formula is C9H15N3O4S. The monoisotopic (exact) mass is 261 g/mol. The molecule has 8 heteroatoms. The molecule has 0 aliphatic rings. The van der Waals surface area contributed by atoms with Crippen molar-refractivity contribution in [3.05, 3.63) is 11.3 Å². The van der Waals surface area contributed by atoms with E-state index in [1.165, 1.54) is 7.11 Å². The van der Waals surface area contributed by atoms with Gasteiger partial charge in [0.2, 0.25) is 10.0 Å². The van der Waals surface area contributed by atoms with E-state index in [9.17, 15) is 13.2 Å². The summed E-state index contributed by atoms with van der Waals surface area (Å²) >= 11 is 0. The molecule has 0 saturated carbocycles. The lowest BCUT2D eigenvalue weighted by atomic mass is 10.3. The summed E-state index contributed by atoms with van der Waals surface area (Å²) in [5.74, 6) is -0.636. The van der Waals surface area contributed by atoms with Crippen LogP contribution in [0.15, 0.2) is 0 Å². The first-order valence-corrected chi connectivity index (χ1v) is 6.60. The highest BCUT2D eigenvalue weighted by molar-refractivity contribution is 7.92. The predicted molar refractivity (Wildman–Crippen MR) is 62.1 cm³/mol. The number of aryl methyl sites for hydroxylation is 1. The molecule has 7 nitrogen and oxygen atoms in total. The molecule has 0 atom stereocenters. The van der Waals surface area contributed by atoms with E-state index in [4.69, 9.17) is 0 Å². The van der Waals surface area contributed by atoms with Crippen molar-refractivity contribution in [2.24, 2.45) is 0 Å². The Morgan fingerprint density at radius 3 is 2.59 bits per heavy atom. The van der Waals surface area contributed by atoms with E-state index < -0.39 is 16.0 Å². The van der Waals surface area contributed by atoms with E-state index in [0.29, 0.717) is 0 Å². The van der Waals surface area contributed by atoms with Crippen LogP contribution >= 0.6 is 0 Å². The Bertz CT molecular complexity index is 506. The first-order valence-electron chi connectivity index (χ1n) is 4.94. The number of hydrogen-bond donors (Lipinski definition) is 2. The van der Waals surface area contributed by atoms with Crippen LogP contribution in [0.1, 0.15) is 17.7 Å². The zero-order valence-corrected chi connectivity index (χ0v) is 10.7. The van der Waals surface area contributed by atoms with Gasteiger partial charge in [0.1, 0.15) is 0 Å². The number of carbonyl (C=O) groups excluding carboxylic acids is 1. The number of rotatable bonds is 5. The van der Waals surface area contributed by atoms with Gasteiger partial charge in [-0.3, -0.25) is 14.6 Å². The van der Waals surface area contributed by atoms with Crippen molar-refractivity contribution in [1.82, 2.24) is 10.2 Å². The van der Waals surface area contributed by atoms with Crippen molar-refractivity contribution in [2.75, 3.05) is 17.6 Å². The molecule has 1 aromatic rings. The number of aromatic amines is 1. The van der Waals surface area contributed by atoms with Gasteiger partial charge in [0, 0.05) is 11.3 Å². The molecule has 0 amide bonds. The van der Waals surface area contributed by atoms with Crippen LogP contribution < -0.4 is 4.72 Å². The molecule has 0 bridgehead atoms. The van der Waals surface area contributed by atoms with Crippen LogP contribution in [-0.4, -0.2) is 37.4 Å². The maximum Gasteiger partial charge on any atom is 0.306 e. The number of nitrogens with one attached hydrogen (secondary N) is 2. The number of sulfonamides is 1. The number of methoxy groups -OCH3 is 1. The Labute approximate surface area is 99.6 Å². The molecule has 1 aromatic heterocycles. The van der Waals surface area contributed by atoms with Gasteiger partial charge in [-0.05, 0) is 13.8 Å². The van der Waals surface area contributed by atoms with Gasteiger partial charge in [0.05, 0.1) is 19.3 Å². The maximum atomic E-state index is 11.6. The minimum atomic E-state index is -3.58. The molecule has 17 heavy (non-hydrogen) atoms. The van der Waals surface area contributed by atoms with Crippen LogP contribution in [0.5, 0.6) is 0 Å². The Morgan fingerprint density at radius 2 is 2.12 bits per heavy atom. The van der Waals surface area contributed by atoms with Gasteiger partial charge in [-0.1, -0.05) is 0 Å². The smallest absolute Gasteiger partial charge is 0.306 e. The second kappa shape index (κ2) is 5.17. The molecule has 96 valence electrons. The van der Waals surface area contributed by atoms with Gasteiger partial charge in [-0.2, -0.15) is 5.10 Å². The number of hydrogen-bond acceptors (Lipinski definition) is 5. The van der Waals surface area contributed by atoms with Crippen LogP contribution in [0.2, 0.25) is 0 Å². The fraction of sp³-hybridized carbons (Fsp3) is 0.556. The van der Waals surface area contributed by atoms with Crippen molar-refractivity contribution < 1.29 is 17.9 Å². The topological polar surface area (TPSA) is 101 Å². The molecule has 0 aromatic carbocycles. The van der Waals surface area contributed by atoms with Crippen LogP contribution in [0.4, 0.5) is 5.82 Å². The lowest BCUT2D eigenvalue weighted by Crippen LogP contribution is -2.20. The summed E-state index contributed by atoms with van der Waals surface area (Å²) in [6, 6.07) is 0. The number of H-pyrrole nitrogens is 1. The third-order valence-corrected chi connectivity index (χ3v) is 3.55. The van der Waals surface area contributed by atoms with E-state index in [1.807, 2.05) is 0 Å². The van der Waals surface area contributed by atoms with Crippen LogP contribution in [-0.2, 0) is 19.6 Å². The SMILES string of the molecule is COC(=O)CCS(=O)(=O)Nc1n[nH]c(C)c1C. The quantitative estimate of drug-likeness (QED) is 0.744. The van der Waals surface area contributed by atoms with E-state index in [2.05, 4.69) is 19.7 Å². The van der Waals surface area contributed by atoms with Crippen molar-refractivity contribution in [3.8, 4) is 0 Å². The Kier molecular flexibility index (Phi) is 4.11. The molecule has 0 fully saturated rings. The number of nitrogens with zero attached hydrogens (tertiary/aromatic N) is 1. The first-order chi connectivity index (χ1) is 7.85. The summed E-state index contributed by atoms with van der Waals surface area (Å²) in [6.07, 6.45) is -0.186. The van der Waals surface area contributed by atoms with Crippen LogP contribution in [0, 0.1) is 13.8 Å². The van der Waals surface area contributed by atoms with Gasteiger partial charge in [-0.25, -0.2) is 8.42 Å². The lowest BCUT2D eigenvalue weighted by molar-refractivity contribution is -0.140. The second-order valence-electron chi connectivity index (χ2n) is 3.57. The summed E-state index contributed by atoms with van der Waals surface area (Å²) in [5.41, 5.74) is 1.52. The predicted octanol–water partition coefficient (Wildman–Crippen LogP) is 0.331. The number of ether oxygens (including phenoxy) is 1. The second-order valence-corrected chi connectivity index (χ2v) is 5.41. The fourth-order valence-electron chi connectivity index (χ4n) is 1.10. The molecule has 0 radical (unpaired) electrons. The highest BCUT2D eigenvalue weighted by Gasteiger charge is 2.16. The first kappa shape index (κ1) is 13.5. The van der Waals surface area contributed by atoms with Gasteiger partial charge in [-0.15, -0.1) is 0 Å². The van der Waals surface area contributed by atoms with Gasteiger partial charge in [0.15, 0.2) is 5.82 Å².